The van der Waals surface area contributed by atoms with Gasteiger partial charge < -0.3 is 9.64 Å². The van der Waals surface area contributed by atoms with Crippen LogP contribution < -0.4 is 0 Å². The molecule has 0 aliphatic carbocycles. The molecule has 0 N–H and O–H groups in total. The lowest BCUT2D eigenvalue weighted by Gasteiger charge is -2.39. The van der Waals surface area contributed by atoms with Crippen LogP contribution in [0.4, 0.5) is 0 Å². The molecule has 1 unspecified atom stereocenters. The normalized spacial score (nSPS) is 36.9. The average Bonchev–Trinajstić information content (AvgIpc) is 2.63. The van der Waals surface area contributed by atoms with E-state index in [1.54, 1.807) is 11.8 Å². The fourth-order valence-electron chi connectivity index (χ4n) is 2.12. The van der Waals surface area contributed by atoms with Gasteiger partial charge in [-0.25, -0.2) is 4.79 Å². The van der Waals surface area contributed by atoms with E-state index in [4.69, 9.17) is 4.74 Å². The van der Waals surface area contributed by atoms with E-state index >= 15 is 0 Å². The molecule has 1 amide bonds. The Bertz CT molecular complexity index is 294. The van der Waals surface area contributed by atoms with E-state index in [2.05, 4.69) is 0 Å². The van der Waals surface area contributed by atoms with Crippen molar-refractivity contribution in [2.75, 3.05) is 6.54 Å². The van der Waals surface area contributed by atoms with Crippen LogP contribution in [0.2, 0.25) is 6.32 Å². The van der Waals surface area contributed by atoms with Crippen LogP contribution in [-0.4, -0.2) is 42.8 Å². The molecule has 76 valence electrons. The van der Waals surface area contributed by atoms with Gasteiger partial charge in [0.1, 0.15) is 13.9 Å². The molecule has 4 nitrogen and oxygen atoms in total. The van der Waals surface area contributed by atoms with Crippen LogP contribution in [0.3, 0.4) is 0 Å². The first-order chi connectivity index (χ1) is 6.58. The van der Waals surface area contributed by atoms with Crippen molar-refractivity contribution in [3.63, 3.8) is 0 Å². The Hall–Kier alpha value is -0.995. The second-order valence-corrected chi connectivity index (χ2v) is 4.16. The summed E-state index contributed by atoms with van der Waals surface area (Å²) >= 11 is 0. The third-order valence-corrected chi connectivity index (χ3v) is 3.24. The van der Waals surface area contributed by atoms with Crippen LogP contribution in [0, 0.1) is 0 Å². The molecule has 2 rings (SSSR count). The van der Waals surface area contributed by atoms with Gasteiger partial charge in [-0.3, -0.25) is 4.79 Å². The summed E-state index contributed by atoms with van der Waals surface area (Å²) in [4.78, 5) is 25.2. The number of nitrogens with zero attached hydrogens (tertiary/aromatic N) is 1. The van der Waals surface area contributed by atoms with Crippen molar-refractivity contribution in [2.45, 2.75) is 37.7 Å². The van der Waals surface area contributed by atoms with Gasteiger partial charge in [0.25, 0.3) is 5.91 Å². The van der Waals surface area contributed by atoms with Gasteiger partial charge >= 0.3 is 5.97 Å². The Morgan fingerprint density at radius 3 is 3.00 bits per heavy atom. The molecule has 2 saturated heterocycles. The van der Waals surface area contributed by atoms with E-state index in [9.17, 15) is 9.59 Å². The highest BCUT2D eigenvalue weighted by Crippen LogP contribution is 2.31. The first kappa shape index (κ1) is 9.56. The SMILES string of the molecule is BC[C@@]1(C)OC(=O)C2CCCN2C1=O. The summed E-state index contributed by atoms with van der Waals surface area (Å²) in [7, 11) is 1.86. The fraction of sp³-hybridized carbons (Fsp3) is 0.778. The lowest BCUT2D eigenvalue weighted by Crippen LogP contribution is -2.59. The fourth-order valence-corrected chi connectivity index (χ4v) is 2.12. The monoisotopic (exact) mass is 195 g/mol. The second kappa shape index (κ2) is 3.00. The predicted molar refractivity (Wildman–Crippen MR) is 52.6 cm³/mol. The van der Waals surface area contributed by atoms with E-state index in [1.807, 2.05) is 7.85 Å². The summed E-state index contributed by atoms with van der Waals surface area (Å²) in [6, 6.07) is -0.304. The molecule has 2 atom stereocenters. The lowest BCUT2D eigenvalue weighted by atomic mass is 9.85. The Labute approximate surface area is 84.0 Å². The minimum Gasteiger partial charge on any atom is -0.448 e. The average molecular weight is 195 g/mol. The zero-order valence-electron chi connectivity index (χ0n) is 8.58. The maximum Gasteiger partial charge on any atom is 0.329 e. The summed E-state index contributed by atoms with van der Waals surface area (Å²) < 4.78 is 5.22. The van der Waals surface area contributed by atoms with Crippen LogP contribution in [0.25, 0.3) is 0 Å². The molecule has 2 heterocycles. The van der Waals surface area contributed by atoms with Gasteiger partial charge in [-0.2, -0.15) is 0 Å². The van der Waals surface area contributed by atoms with Crippen molar-refractivity contribution < 1.29 is 14.3 Å². The third-order valence-electron chi connectivity index (χ3n) is 3.24. The van der Waals surface area contributed by atoms with E-state index in [0.717, 1.165) is 12.8 Å². The number of amides is 1. The second-order valence-electron chi connectivity index (χ2n) is 4.16. The van der Waals surface area contributed by atoms with Gasteiger partial charge in [0, 0.05) is 6.54 Å². The third kappa shape index (κ3) is 1.15. The molecule has 14 heavy (non-hydrogen) atoms. The molecule has 0 saturated carbocycles. The maximum absolute atomic E-state index is 12.0. The van der Waals surface area contributed by atoms with Crippen molar-refractivity contribution in [2.24, 2.45) is 0 Å². The standard InChI is InChI=1S/C9H14BNO3/c1-9(5-10)8(13)11-4-2-3-6(11)7(12)14-9/h6H,2-5,10H2,1H3/t6?,9-/m1/s1. The number of carbonyl (C=O) groups excluding carboxylic acids is 2. The summed E-state index contributed by atoms with van der Waals surface area (Å²) in [5.41, 5.74) is -0.919. The lowest BCUT2D eigenvalue weighted by molar-refractivity contribution is -0.186. The molecule has 2 aliphatic heterocycles. The Balaban J connectivity index is 2.29. The molecule has 0 aromatic carbocycles. The summed E-state index contributed by atoms with van der Waals surface area (Å²) in [6.45, 7) is 2.40. The van der Waals surface area contributed by atoms with Crippen molar-refractivity contribution >= 4 is 19.7 Å². The topological polar surface area (TPSA) is 46.6 Å². The Morgan fingerprint density at radius 2 is 2.36 bits per heavy atom. The molecule has 0 bridgehead atoms. The van der Waals surface area contributed by atoms with Crippen LogP contribution in [-0.2, 0) is 14.3 Å². The van der Waals surface area contributed by atoms with Gasteiger partial charge in [-0.15, -0.1) is 0 Å². The van der Waals surface area contributed by atoms with Crippen molar-refractivity contribution in [1.29, 1.82) is 0 Å². The molecule has 0 aromatic heterocycles. The zero-order chi connectivity index (χ0) is 10.3. The van der Waals surface area contributed by atoms with Gasteiger partial charge in [-0.1, -0.05) is 0 Å². The maximum atomic E-state index is 12.0. The van der Waals surface area contributed by atoms with E-state index in [-0.39, 0.29) is 17.9 Å². The quantitative estimate of drug-likeness (QED) is 0.412. The van der Waals surface area contributed by atoms with Crippen LogP contribution in [0.5, 0.6) is 0 Å². The Kier molecular flexibility index (Phi) is 2.05. The number of fused-ring (bicyclic) bond motifs is 1. The number of rotatable bonds is 1. The van der Waals surface area contributed by atoms with Gasteiger partial charge in [0.2, 0.25) is 0 Å². The summed E-state index contributed by atoms with van der Waals surface area (Å²) in [5.74, 6) is -0.256. The zero-order valence-corrected chi connectivity index (χ0v) is 8.58. The van der Waals surface area contributed by atoms with E-state index < -0.39 is 5.60 Å². The summed E-state index contributed by atoms with van der Waals surface area (Å²) in [5, 5.41) is 0. The number of carbonyl (C=O) groups is 2. The van der Waals surface area contributed by atoms with Crippen molar-refractivity contribution in [1.82, 2.24) is 4.90 Å². The largest absolute Gasteiger partial charge is 0.448 e. The predicted octanol–water partition coefficient (Wildman–Crippen LogP) is -0.656. The minimum absolute atomic E-state index is 0.0258. The molecular weight excluding hydrogens is 181 g/mol. The number of ether oxygens (including phenoxy) is 1. The number of hydrogen-bond acceptors (Lipinski definition) is 3. The van der Waals surface area contributed by atoms with Crippen LogP contribution in [0.15, 0.2) is 0 Å². The molecule has 0 aromatic rings. The first-order valence-electron chi connectivity index (χ1n) is 5.12. The number of hydrogen-bond donors (Lipinski definition) is 0. The van der Waals surface area contributed by atoms with Gasteiger partial charge in [0.15, 0.2) is 5.60 Å². The smallest absolute Gasteiger partial charge is 0.329 e. The molecule has 2 fully saturated rings. The molecular formula is C9H14BNO3. The number of morpholine rings is 1. The number of cyclic esters (lactones) is 1. The Morgan fingerprint density at radius 1 is 1.64 bits per heavy atom. The summed E-state index contributed by atoms with van der Waals surface area (Å²) in [6.07, 6.45) is 2.20. The molecule has 0 spiro atoms. The van der Waals surface area contributed by atoms with E-state index in [0.29, 0.717) is 12.9 Å². The minimum atomic E-state index is -0.919. The highest BCUT2D eigenvalue weighted by atomic mass is 16.6. The molecule has 0 radical (unpaired) electrons. The highest BCUT2D eigenvalue weighted by molar-refractivity contribution is 6.13. The van der Waals surface area contributed by atoms with Gasteiger partial charge in [0.05, 0.1) is 0 Å². The molecule has 2 aliphatic rings. The van der Waals surface area contributed by atoms with E-state index in [1.165, 1.54) is 0 Å². The number of esters is 1. The van der Waals surface area contributed by atoms with Crippen molar-refractivity contribution in [3.05, 3.63) is 0 Å². The molecule has 5 heteroatoms. The van der Waals surface area contributed by atoms with Gasteiger partial charge in [-0.05, 0) is 26.1 Å². The highest BCUT2D eigenvalue weighted by Gasteiger charge is 2.50. The van der Waals surface area contributed by atoms with Crippen LogP contribution >= 0.6 is 0 Å². The van der Waals surface area contributed by atoms with Crippen LogP contribution in [0.1, 0.15) is 19.8 Å². The van der Waals surface area contributed by atoms with Crippen molar-refractivity contribution in [3.8, 4) is 0 Å². The first-order valence-corrected chi connectivity index (χ1v) is 5.12.